The summed E-state index contributed by atoms with van der Waals surface area (Å²) in [5.74, 6) is 0.403. The van der Waals surface area contributed by atoms with Crippen molar-refractivity contribution in [3.8, 4) is 5.75 Å². The van der Waals surface area contributed by atoms with Gasteiger partial charge in [0.2, 0.25) is 0 Å². The van der Waals surface area contributed by atoms with Crippen molar-refractivity contribution in [1.82, 2.24) is 0 Å². The van der Waals surface area contributed by atoms with Gasteiger partial charge >= 0.3 is 0 Å². The highest BCUT2D eigenvalue weighted by Gasteiger charge is 2.10. The minimum Gasteiger partial charge on any atom is -0.508 e. The zero-order chi connectivity index (χ0) is 22.4. The first-order valence-electron chi connectivity index (χ1n) is 12.1. The number of aromatic hydroxyl groups is 1. The van der Waals surface area contributed by atoms with Crippen molar-refractivity contribution in [2.75, 3.05) is 0 Å². The first kappa shape index (κ1) is 23.6. The summed E-state index contributed by atoms with van der Waals surface area (Å²) in [5, 5.41) is 10.7. The normalized spacial score (nSPS) is 11.5. The fourth-order valence-corrected chi connectivity index (χ4v) is 4.03. The van der Waals surface area contributed by atoms with Gasteiger partial charge in [0.1, 0.15) is 5.75 Å². The van der Waals surface area contributed by atoms with Gasteiger partial charge in [0.25, 0.3) is 0 Å². The van der Waals surface area contributed by atoms with Crippen LogP contribution in [0.15, 0.2) is 72.8 Å². The minimum absolute atomic E-state index is 0.403. The van der Waals surface area contributed by atoms with Gasteiger partial charge in [-0.15, -0.1) is 0 Å². The van der Waals surface area contributed by atoms with Crippen LogP contribution < -0.4 is 0 Å². The van der Waals surface area contributed by atoms with Crippen molar-refractivity contribution in [2.45, 2.75) is 58.3 Å². The molecule has 166 valence electrons. The highest BCUT2D eigenvalue weighted by molar-refractivity contribution is 5.81. The smallest absolute Gasteiger partial charge is 0.119 e. The summed E-state index contributed by atoms with van der Waals surface area (Å²) in [5.41, 5.74) is 5.65. The first-order chi connectivity index (χ1) is 15.8. The van der Waals surface area contributed by atoms with Crippen LogP contribution in [-0.4, -0.2) is 5.11 Å². The number of phenols is 1. The van der Waals surface area contributed by atoms with Gasteiger partial charge in [-0.1, -0.05) is 136 Å². The number of phenolic OH excluding ortho intramolecular Hbond substituents is 1. The SMILES string of the molecule is CCCCCCCCCc1c(O)ccc(C=Cc2ccccc2)c1C=Cc1ccccc1. The second-order valence-corrected chi connectivity index (χ2v) is 8.43. The number of hydrogen-bond donors (Lipinski definition) is 1. The fraction of sp³-hybridized carbons (Fsp3) is 0.290. The Morgan fingerprint density at radius 1 is 0.594 bits per heavy atom. The van der Waals surface area contributed by atoms with E-state index in [1.165, 1.54) is 44.1 Å². The van der Waals surface area contributed by atoms with Gasteiger partial charge in [0, 0.05) is 5.56 Å². The summed E-state index contributed by atoms with van der Waals surface area (Å²) in [4.78, 5) is 0. The van der Waals surface area contributed by atoms with E-state index in [0.29, 0.717) is 5.75 Å². The van der Waals surface area contributed by atoms with Crippen LogP contribution in [0.25, 0.3) is 24.3 Å². The lowest BCUT2D eigenvalue weighted by atomic mass is 9.94. The number of rotatable bonds is 12. The number of benzene rings is 3. The predicted octanol–water partition coefficient (Wildman–Crippen LogP) is 9.03. The van der Waals surface area contributed by atoms with E-state index in [4.69, 9.17) is 0 Å². The molecule has 0 radical (unpaired) electrons. The van der Waals surface area contributed by atoms with Crippen molar-refractivity contribution in [3.63, 3.8) is 0 Å². The summed E-state index contributed by atoms with van der Waals surface area (Å²) in [6.45, 7) is 2.26. The molecule has 1 heteroatoms. The molecule has 1 nitrogen and oxygen atoms in total. The molecule has 0 fully saturated rings. The van der Waals surface area contributed by atoms with E-state index in [-0.39, 0.29) is 0 Å². The molecule has 0 aliphatic rings. The van der Waals surface area contributed by atoms with Crippen LogP contribution in [-0.2, 0) is 6.42 Å². The van der Waals surface area contributed by atoms with E-state index in [0.717, 1.165) is 35.1 Å². The molecule has 0 atom stereocenters. The maximum absolute atomic E-state index is 10.7. The summed E-state index contributed by atoms with van der Waals surface area (Å²) in [6.07, 6.45) is 18.4. The van der Waals surface area contributed by atoms with Crippen LogP contribution in [0.3, 0.4) is 0 Å². The Bertz CT molecular complexity index is 984. The summed E-state index contributed by atoms with van der Waals surface area (Å²) >= 11 is 0. The Balaban J connectivity index is 1.81. The second kappa shape index (κ2) is 13.4. The lowest BCUT2D eigenvalue weighted by Crippen LogP contribution is -1.95. The van der Waals surface area contributed by atoms with E-state index >= 15 is 0 Å². The fourth-order valence-electron chi connectivity index (χ4n) is 4.03. The summed E-state index contributed by atoms with van der Waals surface area (Å²) < 4.78 is 0. The third kappa shape index (κ3) is 7.57. The standard InChI is InChI=1S/C31H36O/c1-2-3-4-5-6-7-14-19-30-29(24-21-27-17-12-9-13-18-27)28(23-25-31(30)32)22-20-26-15-10-8-11-16-26/h8-13,15-18,20-25,32H,2-7,14,19H2,1H3. The topological polar surface area (TPSA) is 20.2 Å². The quantitative estimate of drug-likeness (QED) is 0.227. The monoisotopic (exact) mass is 424 g/mol. The van der Waals surface area contributed by atoms with Crippen molar-refractivity contribution in [2.24, 2.45) is 0 Å². The first-order valence-corrected chi connectivity index (χ1v) is 12.1. The van der Waals surface area contributed by atoms with Crippen LogP contribution in [0.1, 0.15) is 79.7 Å². The minimum atomic E-state index is 0.403. The van der Waals surface area contributed by atoms with Crippen molar-refractivity contribution in [1.29, 1.82) is 0 Å². The molecule has 3 aromatic rings. The highest BCUT2D eigenvalue weighted by atomic mass is 16.3. The molecule has 0 amide bonds. The van der Waals surface area contributed by atoms with Gasteiger partial charge in [0.05, 0.1) is 0 Å². The molecule has 3 aromatic carbocycles. The Hall–Kier alpha value is -3.06. The van der Waals surface area contributed by atoms with Crippen molar-refractivity contribution >= 4 is 24.3 Å². The zero-order valence-electron chi connectivity index (χ0n) is 19.3. The Kier molecular flexibility index (Phi) is 9.86. The van der Waals surface area contributed by atoms with Gasteiger partial charge in [-0.3, -0.25) is 0 Å². The molecule has 0 heterocycles. The third-order valence-electron chi connectivity index (χ3n) is 5.89. The highest BCUT2D eigenvalue weighted by Crippen LogP contribution is 2.30. The number of hydrogen-bond acceptors (Lipinski definition) is 1. The average molecular weight is 425 g/mol. The van der Waals surface area contributed by atoms with Gasteiger partial charge < -0.3 is 5.11 Å². The van der Waals surface area contributed by atoms with E-state index in [1.54, 1.807) is 0 Å². The largest absolute Gasteiger partial charge is 0.508 e. The number of unbranched alkanes of at least 4 members (excludes halogenated alkanes) is 6. The van der Waals surface area contributed by atoms with Gasteiger partial charge in [0.15, 0.2) is 0 Å². The molecule has 3 rings (SSSR count). The van der Waals surface area contributed by atoms with E-state index < -0.39 is 0 Å². The molecular weight excluding hydrogens is 388 g/mol. The van der Waals surface area contributed by atoms with Gasteiger partial charge in [-0.25, -0.2) is 0 Å². The second-order valence-electron chi connectivity index (χ2n) is 8.43. The van der Waals surface area contributed by atoms with E-state index in [2.05, 4.69) is 79.8 Å². The van der Waals surface area contributed by atoms with Gasteiger partial charge in [-0.05, 0) is 41.2 Å². The van der Waals surface area contributed by atoms with Crippen molar-refractivity contribution < 1.29 is 5.11 Å². The van der Waals surface area contributed by atoms with Crippen LogP contribution >= 0.6 is 0 Å². The molecule has 0 aliphatic carbocycles. The molecule has 1 N–H and O–H groups in total. The lowest BCUT2D eigenvalue weighted by molar-refractivity contribution is 0.465. The molecule has 0 aromatic heterocycles. The predicted molar refractivity (Wildman–Crippen MR) is 141 cm³/mol. The Morgan fingerprint density at radius 2 is 1.16 bits per heavy atom. The molecule has 0 spiro atoms. The summed E-state index contributed by atoms with van der Waals surface area (Å²) in [7, 11) is 0. The molecule has 0 aliphatic heterocycles. The van der Waals surface area contributed by atoms with Crippen LogP contribution in [0.4, 0.5) is 0 Å². The molecule has 0 saturated carbocycles. The Morgan fingerprint density at radius 3 is 1.78 bits per heavy atom. The van der Waals surface area contributed by atoms with Crippen LogP contribution in [0, 0.1) is 0 Å². The maximum atomic E-state index is 10.7. The van der Waals surface area contributed by atoms with Crippen molar-refractivity contribution in [3.05, 3.63) is 101 Å². The molecule has 32 heavy (non-hydrogen) atoms. The van der Waals surface area contributed by atoms with Crippen LogP contribution in [0.2, 0.25) is 0 Å². The molecular formula is C31H36O. The third-order valence-corrected chi connectivity index (χ3v) is 5.89. The van der Waals surface area contributed by atoms with Crippen LogP contribution in [0.5, 0.6) is 5.75 Å². The van der Waals surface area contributed by atoms with Gasteiger partial charge in [-0.2, -0.15) is 0 Å². The molecule has 0 bridgehead atoms. The molecule has 0 saturated heterocycles. The lowest BCUT2D eigenvalue weighted by Gasteiger charge is -2.13. The summed E-state index contributed by atoms with van der Waals surface area (Å²) in [6, 6.07) is 24.6. The Labute approximate surface area is 194 Å². The maximum Gasteiger partial charge on any atom is 0.119 e. The van der Waals surface area contributed by atoms with E-state index in [9.17, 15) is 5.11 Å². The van der Waals surface area contributed by atoms with E-state index in [1.807, 2.05) is 24.3 Å². The molecule has 0 unspecified atom stereocenters. The average Bonchev–Trinajstić information content (AvgIpc) is 2.84. The zero-order valence-corrected chi connectivity index (χ0v) is 19.3.